The summed E-state index contributed by atoms with van der Waals surface area (Å²) in [4.78, 5) is 18.2. The minimum absolute atomic E-state index is 0.111. The van der Waals surface area contributed by atoms with Crippen LogP contribution in [0.1, 0.15) is 36.3 Å². The van der Waals surface area contributed by atoms with Crippen molar-refractivity contribution < 1.29 is 4.79 Å². The fraction of sp³-hybridized carbons (Fsp3) is 0.636. The number of likely N-dealkylation sites (tertiary alicyclic amines) is 1. The quantitative estimate of drug-likeness (QED) is 0.646. The zero-order chi connectivity index (χ0) is 10.4. The van der Waals surface area contributed by atoms with E-state index in [0.717, 1.165) is 0 Å². The second-order valence-electron chi connectivity index (χ2n) is 4.49. The number of amides is 1. The average Bonchev–Trinajstić information content (AvgIpc) is 2.83. The van der Waals surface area contributed by atoms with Crippen molar-refractivity contribution in [2.45, 2.75) is 37.8 Å². The maximum atomic E-state index is 12.1. The Labute approximate surface area is 88.9 Å². The molecule has 0 bridgehead atoms. The van der Waals surface area contributed by atoms with E-state index in [0.29, 0.717) is 17.9 Å². The number of carbonyl (C=O) groups excluding carboxylic acids is 1. The van der Waals surface area contributed by atoms with Gasteiger partial charge in [0.25, 0.3) is 5.91 Å². The molecule has 15 heavy (non-hydrogen) atoms. The molecule has 1 aliphatic heterocycles. The van der Waals surface area contributed by atoms with Gasteiger partial charge in [-0.3, -0.25) is 4.79 Å². The summed E-state index contributed by atoms with van der Waals surface area (Å²) in [5.41, 5.74) is 0. The molecule has 2 atom stereocenters. The van der Waals surface area contributed by atoms with E-state index in [9.17, 15) is 4.79 Å². The minimum atomic E-state index is 0.111. The van der Waals surface area contributed by atoms with Crippen molar-refractivity contribution in [2.24, 2.45) is 7.05 Å². The van der Waals surface area contributed by atoms with Gasteiger partial charge >= 0.3 is 0 Å². The van der Waals surface area contributed by atoms with Crippen molar-refractivity contribution in [1.29, 1.82) is 0 Å². The van der Waals surface area contributed by atoms with Crippen LogP contribution in [0.15, 0.2) is 12.4 Å². The molecule has 1 aromatic heterocycles. The van der Waals surface area contributed by atoms with Gasteiger partial charge in [0.05, 0.1) is 12.1 Å². The first-order valence-corrected chi connectivity index (χ1v) is 5.59. The lowest BCUT2D eigenvalue weighted by molar-refractivity contribution is 0.0850. The van der Waals surface area contributed by atoms with Gasteiger partial charge in [-0.25, -0.2) is 4.98 Å². The van der Waals surface area contributed by atoms with E-state index < -0.39 is 0 Å². The van der Waals surface area contributed by atoms with E-state index in [1.54, 1.807) is 10.8 Å². The van der Waals surface area contributed by atoms with E-state index in [4.69, 9.17) is 0 Å². The lowest BCUT2D eigenvalue weighted by atomic mass is 10.0. The summed E-state index contributed by atoms with van der Waals surface area (Å²) in [6.45, 7) is 0. The summed E-state index contributed by atoms with van der Waals surface area (Å²) >= 11 is 0. The molecular weight excluding hydrogens is 190 g/mol. The fourth-order valence-corrected chi connectivity index (χ4v) is 2.69. The summed E-state index contributed by atoms with van der Waals surface area (Å²) in [7, 11) is 1.87. The largest absolute Gasteiger partial charge is 0.330 e. The van der Waals surface area contributed by atoms with Gasteiger partial charge < -0.3 is 9.47 Å². The van der Waals surface area contributed by atoms with Crippen LogP contribution >= 0.6 is 0 Å². The SMILES string of the molecule is Cn1ccnc1C(=O)N1C2CCCCC21. The number of rotatable bonds is 1. The molecule has 80 valence electrons. The van der Waals surface area contributed by atoms with Crippen LogP contribution in [0.5, 0.6) is 0 Å². The molecule has 2 fully saturated rings. The van der Waals surface area contributed by atoms with E-state index >= 15 is 0 Å². The van der Waals surface area contributed by atoms with Gasteiger partial charge in [-0.1, -0.05) is 12.8 Å². The van der Waals surface area contributed by atoms with Gasteiger partial charge in [0.2, 0.25) is 0 Å². The molecule has 2 aliphatic rings. The van der Waals surface area contributed by atoms with Crippen LogP contribution in [-0.4, -0.2) is 32.4 Å². The topological polar surface area (TPSA) is 37.9 Å². The van der Waals surface area contributed by atoms with E-state index in [2.05, 4.69) is 4.98 Å². The number of aromatic nitrogens is 2. The molecule has 1 amide bonds. The molecule has 1 aromatic rings. The van der Waals surface area contributed by atoms with Crippen LogP contribution in [-0.2, 0) is 7.05 Å². The Morgan fingerprint density at radius 2 is 2.07 bits per heavy atom. The van der Waals surface area contributed by atoms with Gasteiger partial charge in [-0.05, 0) is 12.8 Å². The van der Waals surface area contributed by atoms with Gasteiger partial charge in [0.15, 0.2) is 5.82 Å². The lowest BCUT2D eigenvalue weighted by Crippen LogP contribution is -2.18. The van der Waals surface area contributed by atoms with Crippen LogP contribution < -0.4 is 0 Å². The van der Waals surface area contributed by atoms with Gasteiger partial charge in [0, 0.05) is 19.4 Å². The van der Waals surface area contributed by atoms with E-state index in [1.165, 1.54) is 25.7 Å². The molecule has 1 aliphatic carbocycles. The van der Waals surface area contributed by atoms with E-state index in [1.807, 2.05) is 18.1 Å². The predicted octanol–water partition coefficient (Wildman–Crippen LogP) is 1.19. The third-order valence-electron chi connectivity index (χ3n) is 3.57. The summed E-state index contributed by atoms with van der Waals surface area (Å²) in [5, 5.41) is 0. The molecule has 3 rings (SSSR count). The highest BCUT2D eigenvalue weighted by atomic mass is 16.2. The molecule has 0 spiro atoms. The minimum Gasteiger partial charge on any atom is -0.330 e. The molecule has 4 nitrogen and oxygen atoms in total. The maximum absolute atomic E-state index is 12.1. The summed E-state index contributed by atoms with van der Waals surface area (Å²) in [6, 6.07) is 1.03. The molecule has 1 saturated heterocycles. The van der Waals surface area contributed by atoms with Crippen molar-refractivity contribution >= 4 is 5.91 Å². The molecule has 2 unspecified atom stereocenters. The highest BCUT2D eigenvalue weighted by molar-refractivity contribution is 5.93. The van der Waals surface area contributed by atoms with Crippen molar-refractivity contribution in [1.82, 2.24) is 14.5 Å². The Balaban J connectivity index is 1.79. The third kappa shape index (κ3) is 1.28. The lowest BCUT2D eigenvalue weighted by Gasteiger charge is -2.03. The summed E-state index contributed by atoms with van der Waals surface area (Å²) in [5.74, 6) is 0.684. The highest BCUT2D eigenvalue weighted by Crippen LogP contribution is 2.41. The first-order valence-electron chi connectivity index (χ1n) is 5.59. The van der Waals surface area contributed by atoms with Crippen molar-refractivity contribution in [3.63, 3.8) is 0 Å². The highest BCUT2D eigenvalue weighted by Gasteiger charge is 2.52. The Hall–Kier alpha value is -1.32. The zero-order valence-electron chi connectivity index (χ0n) is 8.89. The number of hydrogen-bond acceptors (Lipinski definition) is 2. The second kappa shape index (κ2) is 3.08. The number of aryl methyl sites for hydroxylation is 1. The summed E-state index contributed by atoms with van der Waals surface area (Å²) in [6.07, 6.45) is 8.40. The fourth-order valence-electron chi connectivity index (χ4n) is 2.69. The third-order valence-corrected chi connectivity index (χ3v) is 3.57. The van der Waals surface area contributed by atoms with Crippen LogP contribution in [0, 0.1) is 0 Å². The van der Waals surface area contributed by atoms with Crippen LogP contribution in [0.4, 0.5) is 0 Å². The van der Waals surface area contributed by atoms with E-state index in [-0.39, 0.29) is 5.91 Å². The number of fused-ring (bicyclic) bond motifs is 1. The molecular formula is C11H15N3O. The Morgan fingerprint density at radius 3 is 2.60 bits per heavy atom. The zero-order valence-corrected chi connectivity index (χ0v) is 8.89. The molecule has 0 radical (unpaired) electrons. The molecule has 0 N–H and O–H groups in total. The maximum Gasteiger partial charge on any atom is 0.290 e. The van der Waals surface area contributed by atoms with Crippen molar-refractivity contribution in [3.05, 3.63) is 18.2 Å². The average molecular weight is 205 g/mol. The van der Waals surface area contributed by atoms with Crippen LogP contribution in [0.25, 0.3) is 0 Å². The Morgan fingerprint density at radius 1 is 1.40 bits per heavy atom. The number of nitrogens with zero attached hydrogens (tertiary/aromatic N) is 3. The van der Waals surface area contributed by atoms with Crippen LogP contribution in [0.2, 0.25) is 0 Å². The molecule has 2 heterocycles. The number of carbonyl (C=O) groups is 1. The predicted molar refractivity (Wildman–Crippen MR) is 55.4 cm³/mol. The Bertz CT molecular complexity index is 386. The van der Waals surface area contributed by atoms with Crippen molar-refractivity contribution in [3.8, 4) is 0 Å². The standard InChI is InChI=1S/C11H15N3O/c1-13-7-6-12-10(13)11(15)14-8-4-2-3-5-9(8)14/h6-9H,2-5H2,1H3. The molecule has 0 aromatic carbocycles. The van der Waals surface area contributed by atoms with Crippen LogP contribution in [0.3, 0.4) is 0 Å². The monoisotopic (exact) mass is 205 g/mol. The van der Waals surface area contributed by atoms with Gasteiger partial charge in [-0.2, -0.15) is 0 Å². The first-order chi connectivity index (χ1) is 7.29. The second-order valence-corrected chi connectivity index (χ2v) is 4.49. The van der Waals surface area contributed by atoms with Gasteiger partial charge in [0.1, 0.15) is 0 Å². The van der Waals surface area contributed by atoms with Crippen molar-refractivity contribution in [2.75, 3.05) is 0 Å². The first kappa shape index (κ1) is 8.95. The summed E-state index contributed by atoms with van der Waals surface area (Å²) < 4.78 is 1.80. The van der Waals surface area contributed by atoms with Gasteiger partial charge in [-0.15, -0.1) is 0 Å². The number of imidazole rings is 1. The number of hydrogen-bond donors (Lipinski definition) is 0. The smallest absolute Gasteiger partial charge is 0.290 e. The normalized spacial score (nSPS) is 28.7. The Kier molecular flexibility index (Phi) is 1.84. The molecule has 1 saturated carbocycles. The molecule has 4 heteroatoms.